The minimum Gasteiger partial charge on any atom is -0.316 e. The number of rotatable bonds is 1. The van der Waals surface area contributed by atoms with Gasteiger partial charge in [-0.25, -0.2) is 0 Å². The number of hydrogen-bond acceptors (Lipinski definition) is 4. The van der Waals surface area contributed by atoms with Crippen molar-refractivity contribution in [1.29, 1.82) is 0 Å². The van der Waals surface area contributed by atoms with Gasteiger partial charge in [0, 0.05) is 17.8 Å². The van der Waals surface area contributed by atoms with E-state index in [1.165, 1.54) is 30.1 Å². The highest BCUT2D eigenvalue weighted by Gasteiger charge is 2.16. The fourth-order valence-corrected chi connectivity index (χ4v) is 1.99. The summed E-state index contributed by atoms with van der Waals surface area (Å²) >= 11 is 1.44. The van der Waals surface area contributed by atoms with Crippen LogP contribution in [0.4, 0.5) is 0 Å². The third kappa shape index (κ3) is 1.57. The van der Waals surface area contributed by atoms with E-state index in [2.05, 4.69) is 20.3 Å². The number of hydrogen-bond donors (Lipinski definition) is 1. The molecular formula is C7H11N3S. The minimum atomic E-state index is 0.613. The van der Waals surface area contributed by atoms with Gasteiger partial charge in [-0.2, -0.15) is 0 Å². The molecule has 0 amide bonds. The number of aromatic nitrogens is 2. The summed E-state index contributed by atoms with van der Waals surface area (Å²) in [7, 11) is 0. The first-order valence-electron chi connectivity index (χ1n) is 3.94. The van der Waals surface area contributed by atoms with Gasteiger partial charge in [0.25, 0.3) is 0 Å². The predicted octanol–water partition coefficient (Wildman–Crippen LogP) is 1.01. The second-order valence-corrected chi connectivity index (χ2v) is 3.48. The molecular weight excluding hydrogens is 158 g/mol. The predicted molar refractivity (Wildman–Crippen MR) is 44.8 cm³/mol. The molecule has 1 aliphatic heterocycles. The summed E-state index contributed by atoms with van der Waals surface area (Å²) in [5, 5.41) is 9.48. The molecule has 3 nitrogen and oxygen atoms in total. The Bertz CT molecular complexity index is 203. The highest BCUT2D eigenvalue weighted by atomic mass is 32.1. The molecule has 2 heterocycles. The third-order valence-electron chi connectivity index (χ3n) is 2.09. The summed E-state index contributed by atoms with van der Waals surface area (Å²) in [6, 6.07) is 0. The molecule has 2 rings (SSSR count). The Morgan fingerprint density at radius 3 is 3.27 bits per heavy atom. The Labute approximate surface area is 70.0 Å². The lowest BCUT2D eigenvalue weighted by Crippen LogP contribution is -2.28. The van der Waals surface area contributed by atoms with Crippen molar-refractivity contribution < 1.29 is 0 Å². The minimum absolute atomic E-state index is 0.613. The van der Waals surface area contributed by atoms with Gasteiger partial charge in [-0.15, -0.1) is 5.10 Å². The lowest BCUT2D eigenvalue weighted by Gasteiger charge is -2.20. The van der Waals surface area contributed by atoms with E-state index >= 15 is 0 Å². The van der Waals surface area contributed by atoms with Crippen molar-refractivity contribution in [2.45, 2.75) is 18.8 Å². The van der Waals surface area contributed by atoms with Gasteiger partial charge in [-0.1, -0.05) is 4.49 Å². The molecule has 1 aromatic rings. The maximum Gasteiger partial charge on any atom is 0.0799 e. The van der Waals surface area contributed by atoms with Gasteiger partial charge in [0.2, 0.25) is 0 Å². The van der Waals surface area contributed by atoms with Crippen LogP contribution in [-0.4, -0.2) is 22.7 Å². The normalized spacial score (nSPS) is 25.3. The molecule has 1 atom stereocenters. The Kier molecular flexibility index (Phi) is 2.14. The molecule has 60 valence electrons. The van der Waals surface area contributed by atoms with E-state index in [9.17, 15) is 0 Å². The van der Waals surface area contributed by atoms with Crippen LogP contribution in [0.1, 0.15) is 24.5 Å². The zero-order valence-electron chi connectivity index (χ0n) is 6.29. The molecule has 1 N–H and O–H groups in total. The van der Waals surface area contributed by atoms with E-state index in [1.54, 1.807) is 0 Å². The van der Waals surface area contributed by atoms with Crippen molar-refractivity contribution >= 4 is 11.5 Å². The monoisotopic (exact) mass is 169 g/mol. The van der Waals surface area contributed by atoms with Crippen molar-refractivity contribution in [1.82, 2.24) is 14.9 Å². The summed E-state index contributed by atoms with van der Waals surface area (Å²) < 4.78 is 3.86. The Morgan fingerprint density at radius 2 is 2.64 bits per heavy atom. The zero-order valence-corrected chi connectivity index (χ0v) is 7.10. The molecule has 0 aromatic carbocycles. The molecule has 1 aliphatic rings. The highest BCUT2D eigenvalue weighted by Crippen LogP contribution is 2.21. The SMILES string of the molecule is c1snnc1C1CCCNC1. The quantitative estimate of drug-likeness (QED) is 0.681. The van der Waals surface area contributed by atoms with Gasteiger partial charge in [0.15, 0.2) is 0 Å². The van der Waals surface area contributed by atoms with Gasteiger partial charge >= 0.3 is 0 Å². The number of nitrogens with one attached hydrogen (secondary N) is 1. The average Bonchev–Trinajstić information content (AvgIpc) is 2.58. The zero-order chi connectivity index (χ0) is 7.52. The van der Waals surface area contributed by atoms with Crippen LogP contribution in [0.5, 0.6) is 0 Å². The maximum absolute atomic E-state index is 4.07. The van der Waals surface area contributed by atoms with Crippen LogP contribution in [0.2, 0.25) is 0 Å². The average molecular weight is 169 g/mol. The van der Waals surface area contributed by atoms with E-state index < -0.39 is 0 Å². The van der Waals surface area contributed by atoms with Crippen LogP contribution >= 0.6 is 11.5 Å². The first kappa shape index (κ1) is 7.18. The van der Waals surface area contributed by atoms with Crippen molar-refractivity contribution in [2.75, 3.05) is 13.1 Å². The molecule has 0 radical (unpaired) electrons. The first-order valence-corrected chi connectivity index (χ1v) is 4.78. The molecule has 0 spiro atoms. The van der Waals surface area contributed by atoms with Crippen LogP contribution in [-0.2, 0) is 0 Å². The summed E-state index contributed by atoms with van der Waals surface area (Å²) in [5.74, 6) is 0.613. The summed E-state index contributed by atoms with van der Waals surface area (Å²) in [6.45, 7) is 2.24. The van der Waals surface area contributed by atoms with Crippen LogP contribution in [0, 0.1) is 0 Å². The van der Waals surface area contributed by atoms with Gasteiger partial charge in [-0.05, 0) is 30.9 Å². The topological polar surface area (TPSA) is 37.8 Å². The molecule has 1 aromatic heterocycles. The van der Waals surface area contributed by atoms with E-state index in [0.29, 0.717) is 5.92 Å². The Morgan fingerprint density at radius 1 is 1.64 bits per heavy atom. The molecule has 4 heteroatoms. The molecule has 0 bridgehead atoms. The maximum atomic E-state index is 4.07. The van der Waals surface area contributed by atoms with Crippen molar-refractivity contribution in [3.05, 3.63) is 11.1 Å². The van der Waals surface area contributed by atoms with Gasteiger partial charge in [-0.3, -0.25) is 0 Å². The first-order chi connectivity index (χ1) is 5.47. The number of nitrogens with zero attached hydrogens (tertiary/aromatic N) is 2. The van der Waals surface area contributed by atoms with E-state index in [0.717, 1.165) is 13.1 Å². The summed E-state index contributed by atoms with van der Waals surface area (Å²) in [6.07, 6.45) is 2.53. The standard InChI is InChI=1S/C7H11N3S/c1-2-6(4-8-3-1)7-5-11-10-9-7/h5-6,8H,1-4H2. The van der Waals surface area contributed by atoms with E-state index in [-0.39, 0.29) is 0 Å². The Balaban J connectivity index is 2.04. The van der Waals surface area contributed by atoms with Crippen LogP contribution in [0.15, 0.2) is 5.38 Å². The van der Waals surface area contributed by atoms with E-state index in [1.807, 2.05) is 0 Å². The van der Waals surface area contributed by atoms with Gasteiger partial charge in [0.1, 0.15) is 0 Å². The van der Waals surface area contributed by atoms with Crippen LogP contribution < -0.4 is 5.32 Å². The molecule has 1 fully saturated rings. The van der Waals surface area contributed by atoms with Crippen molar-refractivity contribution in [3.63, 3.8) is 0 Å². The summed E-state index contributed by atoms with van der Waals surface area (Å²) in [4.78, 5) is 0. The van der Waals surface area contributed by atoms with Crippen molar-refractivity contribution in [3.8, 4) is 0 Å². The lowest BCUT2D eigenvalue weighted by atomic mass is 9.97. The van der Waals surface area contributed by atoms with Crippen molar-refractivity contribution in [2.24, 2.45) is 0 Å². The molecule has 0 saturated carbocycles. The fourth-order valence-electron chi connectivity index (χ4n) is 1.45. The largest absolute Gasteiger partial charge is 0.316 e. The molecule has 0 aliphatic carbocycles. The van der Waals surface area contributed by atoms with Gasteiger partial charge < -0.3 is 5.32 Å². The third-order valence-corrected chi connectivity index (χ3v) is 2.61. The van der Waals surface area contributed by atoms with Crippen LogP contribution in [0.25, 0.3) is 0 Å². The number of piperidine rings is 1. The molecule has 1 unspecified atom stereocenters. The van der Waals surface area contributed by atoms with E-state index in [4.69, 9.17) is 0 Å². The second kappa shape index (κ2) is 3.28. The van der Waals surface area contributed by atoms with Crippen LogP contribution in [0.3, 0.4) is 0 Å². The smallest absolute Gasteiger partial charge is 0.0799 e. The molecule has 1 saturated heterocycles. The second-order valence-electron chi connectivity index (χ2n) is 2.87. The fraction of sp³-hybridized carbons (Fsp3) is 0.714. The Hall–Kier alpha value is -0.480. The van der Waals surface area contributed by atoms with Gasteiger partial charge in [0.05, 0.1) is 5.69 Å². The highest BCUT2D eigenvalue weighted by molar-refractivity contribution is 7.03. The molecule has 11 heavy (non-hydrogen) atoms. The summed E-state index contributed by atoms with van der Waals surface area (Å²) in [5.41, 5.74) is 1.17. The lowest BCUT2D eigenvalue weighted by molar-refractivity contribution is 0.454.